The summed E-state index contributed by atoms with van der Waals surface area (Å²) >= 11 is 0. The monoisotopic (exact) mass is 282 g/mol. The third-order valence-corrected chi connectivity index (χ3v) is 3.57. The van der Waals surface area contributed by atoms with Gasteiger partial charge in [0.05, 0.1) is 27.4 Å². The molecule has 0 atom stereocenters. The van der Waals surface area contributed by atoms with Gasteiger partial charge in [0.25, 0.3) is 0 Å². The summed E-state index contributed by atoms with van der Waals surface area (Å²) in [4.78, 5) is 14.6. The van der Waals surface area contributed by atoms with Gasteiger partial charge in [0, 0.05) is 25.9 Å². The zero-order valence-electron chi connectivity index (χ0n) is 11.7. The Morgan fingerprint density at radius 1 is 0.950 bits per heavy atom. The summed E-state index contributed by atoms with van der Waals surface area (Å²) in [6, 6.07) is 0.501. The number of piperidine rings is 1. The van der Waals surface area contributed by atoms with Crippen LogP contribution in [0.3, 0.4) is 0 Å². The number of nitrogens with zero attached hydrogens (tertiary/aromatic N) is 4. The van der Waals surface area contributed by atoms with Gasteiger partial charge < -0.3 is 23.8 Å². The number of aromatic nitrogens is 3. The van der Waals surface area contributed by atoms with E-state index in [4.69, 9.17) is 18.9 Å². The summed E-state index contributed by atoms with van der Waals surface area (Å²) in [7, 11) is 3.04. The van der Waals surface area contributed by atoms with Crippen LogP contribution in [0.4, 0.5) is 5.95 Å². The number of anilines is 1. The van der Waals surface area contributed by atoms with Gasteiger partial charge in [-0.3, -0.25) is 0 Å². The Labute approximate surface area is 117 Å². The van der Waals surface area contributed by atoms with Crippen LogP contribution in [0.5, 0.6) is 12.0 Å². The maximum Gasteiger partial charge on any atom is 0.324 e. The van der Waals surface area contributed by atoms with E-state index in [1.165, 1.54) is 14.2 Å². The van der Waals surface area contributed by atoms with E-state index >= 15 is 0 Å². The van der Waals surface area contributed by atoms with Crippen LogP contribution in [-0.2, 0) is 9.47 Å². The van der Waals surface area contributed by atoms with E-state index in [0.29, 0.717) is 19.2 Å². The summed E-state index contributed by atoms with van der Waals surface area (Å²) in [5.41, 5.74) is 0. The number of ether oxygens (including phenoxy) is 4. The average molecular weight is 282 g/mol. The first-order valence-electron chi connectivity index (χ1n) is 6.62. The predicted octanol–water partition coefficient (Wildman–Crippen LogP) is 0.232. The fraction of sp³-hybridized carbons (Fsp3) is 0.750. The van der Waals surface area contributed by atoms with Crippen molar-refractivity contribution in [3.8, 4) is 12.0 Å². The number of hydrogen-bond donors (Lipinski definition) is 0. The van der Waals surface area contributed by atoms with Crippen molar-refractivity contribution >= 4 is 5.95 Å². The molecule has 1 spiro atoms. The fourth-order valence-corrected chi connectivity index (χ4v) is 2.48. The van der Waals surface area contributed by atoms with Gasteiger partial charge in [-0.25, -0.2) is 0 Å². The first-order valence-corrected chi connectivity index (χ1v) is 6.62. The highest BCUT2D eigenvalue weighted by molar-refractivity contribution is 5.33. The van der Waals surface area contributed by atoms with Crippen LogP contribution in [0.2, 0.25) is 0 Å². The molecule has 0 radical (unpaired) electrons. The SMILES string of the molecule is COc1nc(OC)nc(N2CCC3(CC2)OCCO3)n1. The molecule has 0 aromatic carbocycles. The summed E-state index contributed by atoms with van der Waals surface area (Å²) in [6.07, 6.45) is 1.59. The average Bonchev–Trinajstić information content (AvgIpc) is 2.95. The van der Waals surface area contributed by atoms with Gasteiger partial charge in [-0.1, -0.05) is 0 Å². The van der Waals surface area contributed by atoms with E-state index in [0.717, 1.165) is 25.9 Å². The third-order valence-electron chi connectivity index (χ3n) is 3.57. The molecule has 3 rings (SSSR count). The molecule has 0 saturated carbocycles. The third kappa shape index (κ3) is 2.48. The van der Waals surface area contributed by atoms with Crippen molar-refractivity contribution in [1.29, 1.82) is 0 Å². The minimum Gasteiger partial charge on any atom is -0.467 e. The maximum absolute atomic E-state index is 5.70. The van der Waals surface area contributed by atoms with Crippen molar-refractivity contribution in [3.05, 3.63) is 0 Å². The van der Waals surface area contributed by atoms with Gasteiger partial charge >= 0.3 is 12.0 Å². The molecule has 2 fully saturated rings. The summed E-state index contributed by atoms with van der Waals surface area (Å²) in [5, 5.41) is 0. The van der Waals surface area contributed by atoms with E-state index < -0.39 is 5.79 Å². The predicted molar refractivity (Wildman–Crippen MR) is 69.0 cm³/mol. The number of hydrogen-bond acceptors (Lipinski definition) is 8. The second-order valence-electron chi connectivity index (χ2n) is 4.70. The zero-order chi connectivity index (χ0) is 14.0. The Kier molecular flexibility index (Phi) is 3.58. The lowest BCUT2D eigenvalue weighted by Gasteiger charge is -2.37. The Morgan fingerprint density at radius 2 is 1.50 bits per heavy atom. The molecule has 110 valence electrons. The standard InChI is InChI=1S/C12H18N4O4/c1-17-10-13-9(14-11(15-10)18-2)16-5-3-12(4-6-16)19-7-8-20-12/h3-8H2,1-2H3. The largest absolute Gasteiger partial charge is 0.467 e. The smallest absolute Gasteiger partial charge is 0.324 e. The summed E-state index contributed by atoms with van der Waals surface area (Å²) in [5.74, 6) is 0.152. The molecule has 0 N–H and O–H groups in total. The van der Waals surface area contributed by atoms with E-state index in [9.17, 15) is 0 Å². The summed E-state index contributed by atoms with van der Waals surface area (Å²) < 4.78 is 21.5. The van der Waals surface area contributed by atoms with Gasteiger partial charge in [0.15, 0.2) is 5.79 Å². The van der Waals surface area contributed by atoms with Crippen molar-refractivity contribution in [1.82, 2.24) is 15.0 Å². The fourth-order valence-electron chi connectivity index (χ4n) is 2.48. The quantitative estimate of drug-likeness (QED) is 0.779. The molecule has 0 amide bonds. The molecular formula is C12H18N4O4. The lowest BCUT2D eigenvalue weighted by Crippen LogP contribution is -2.45. The molecule has 8 heteroatoms. The van der Waals surface area contributed by atoms with Gasteiger partial charge in [-0.15, -0.1) is 4.98 Å². The molecule has 0 unspecified atom stereocenters. The number of rotatable bonds is 3. The maximum atomic E-state index is 5.70. The highest BCUT2D eigenvalue weighted by Gasteiger charge is 2.40. The van der Waals surface area contributed by atoms with Crippen LogP contribution in [0.15, 0.2) is 0 Å². The Hall–Kier alpha value is -1.67. The second kappa shape index (κ2) is 5.37. The molecular weight excluding hydrogens is 264 g/mol. The van der Waals surface area contributed by atoms with Crippen molar-refractivity contribution in [2.24, 2.45) is 0 Å². The van der Waals surface area contributed by atoms with Crippen LogP contribution in [0.1, 0.15) is 12.8 Å². The molecule has 0 bridgehead atoms. The highest BCUT2D eigenvalue weighted by atomic mass is 16.7. The molecule has 8 nitrogen and oxygen atoms in total. The van der Waals surface area contributed by atoms with Gasteiger partial charge in [-0.05, 0) is 0 Å². The minimum absolute atomic E-state index is 0.250. The molecule has 2 saturated heterocycles. The first-order chi connectivity index (χ1) is 9.74. The van der Waals surface area contributed by atoms with E-state index in [1.54, 1.807) is 0 Å². The lowest BCUT2D eigenvalue weighted by atomic mass is 10.0. The second-order valence-corrected chi connectivity index (χ2v) is 4.70. The summed E-state index contributed by atoms with van der Waals surface area (Å²) in [6.45, 7) is 2.87. The lowest BCUT2D eigenvalue weighted by molar-refractivity contribution is -0.169. The van der Waals surface area contributed by atoms with Gasteiger partial charge in [0.2, 0.25) is 5.95 Å². The van der Waals surface area contributed by atoms with Crippen molar-refractivity contribution in [2.45, 2.75) is 18.6 Å². The molecule has 1 aromatic heterocycles. The van der Waals surface area contributed by atoms with Gasteiger partial charge in [0.1, 0.15) is 0 Å². The van der Waals surface area contributed by atoms with Crippen molar-refractivity contribution in [3.63, 3.8) is 0 Å². The van der Waals surface area contributed by atoms with Gasteiger partial charge in [-0.2, -0.15) is 9.97 Å². The van der Waals surface area contributed by atoms with Crippen molar-refractivity contribution < 1.29 is 18.9 Å². The first kappa shape index (κ1) is 13.3. The van der Waals surface area contributed by atoms with Crippen LogP contribution in [0.25, 0.3) is 0 Å². The van der Waals surface area contributed by atoms with E-state index in [2.05, 4.69) is 19.9 Å². The van der Waals surface area contributed by atoms with Crippen LogP contribution < -0.4 is 14.4 Å². The van der Waals surface area contributed by atoms with Crippen LogP contribution >= 0.6 is 0 Å². The Bertz CT molecular complexity index is 446. The Balaban J connectivity index is 1.74. The topological polar surface area (TPSA) is 78.8 Å². The molecule has 3 heterocycles. The zero-order valence-corrected chi connectivity index (χ0v) is 11.7. The molecule has 2 aliphatic rings. The highest BCUT2D eigenvalue weighted by Crippen LogP contribution is 2.32. The molecule has 2 aliphatic heterocycles. The molecule has 0 aliphatic carbocycles. The normalized spacial score (nSPS) is 21.2. The molecule has 20 heavy (non-hydrogen) atoms. The van der Waals surface area contributed by atoms with E-state index in [1.807, 2.05) is 0 Å². The van der Waals surface area contributed by atoms with E-state index in [-0.39, 0.29) is 12.0 Å². The molecule has 1 aromatic rings. The van der Waals surface area contributed by atoms with Crippen molar-refractivity contribution in [2.75, 3.05) is 45.4 Å². The Morgan fingerprint density at radius 3 is 2.00 bits per heavy atom. The van der Waals surface area contributed by atoms with Crippen LogP contribution in [-0.4, -0.2) is 61.3 Å². The minimum atomic E-state index is -0.405. The number of methoxy groups -OCH3 is 2. The van der Waals surface area contributed by atoms with Crippen LogP contribution in [0, 0.1) is 0 Å².